The van der Waals surface area contributed by atoms with Crippen molar-refractivity contribution in [2.24, 2.45) is 11.7 Å². The topological polar surface area (TPSA) is 51.6 Å². The van der Waals surface area contributed by atoms with Crippen LogP contribution >= 0.6 is 0 Å². The fourth-order valence-electron chi connectivity index (χ4n) is 2.48. The summed E-state index contributed by atoms with van der Waals surface area (Å²) in [6.07, 6.45) is 4.70. The second-order valence-electron chi connectivity index (χ2n) is 4.41. The van der Waals surface area contributed by atoms with Crippen molar-refractivity contribution in [1.82, 2.24) is 4.90 Å². The van der Waals surface area contributed by atoms with Crippen molar-refractivity contribution in [2.75, 3.05) is 33.4 Å². The van der Waals surface area contributed by atoms with Gasteiger partial charge in [-0.25, -0.2) is 0 Å². The molecule has 0 spiro atoms. The molecule has 0 aromatic carbocycles. The molecule has 2 rings (SSSR count). The smallest absolute Gasteiger partial charge is 0.0950 e. The maximum Gasteiger partial charge on any atom is 0.0950 e. The van der Waals surface area contributed by atoms with Gasteiger partial charge in [-0.3, -0.25) is 4.90 Å². The Morgan fingerprint density at radius 2 is 2.56 bits per heavy atom. The molecule has 0 bridgehead atoms. The van der Waals surface area contributed by atoms with E-state index in [9.17, 15) is 0 Å². The molecule has 1 aliphatic heterocycles. The van der Waals surface area contributed by atoms with Crippen LogP contribution in [0.3, 0.4) is 0 Å². The summed E-state index contributed by atoms with van der Waals surface area (Å²) in [6, 6.07) is 2.29. The summed E-state index contributed by atoms with van der Waals surface area (Å²) in [5, 5.41) is 0. The Kier molecular flexibility index (Phi) is 3.98. The fourth-order valence-corrected chi connectivity index (χ4v) is 2.48. The van der Waals surface area contributed by atoms with E-state index in [-0.39, 0.29) is 0 Å². The van der Waals surface area contributed by atoms with Crippen molar-refractivity contribution in [3.05, 3.63) is 24.2 Å². The molecule has 0 saturated carbocycles. The first-order valence-corrected chi connectivity index (χ1v) is 5.80. The number of rotatable bonds is 5. The third-order valence-corrected chi connectivity index (χ3v) is 3.31. The van der Waals surface area contributed by atoms with Crippen molar-refractivity contribution >= 4 is 0 Å². The zero-order valence-corrected chi connectivity index (χ0v) is 9.76. The lowest BCUT2D eigenvalue weighted by atomic mass is 10.1. The van der Waals surface area contributed by atoms with Gasteiger partial charge in [0.2, 0.25) is 0 Å². The van der Waals surface area contributed by atoms with Gasteiger partial charge in [0.1, 0.15) is 0 Å². The summed E-state index contributed by atoms with van der Waals surface area (Å²) in [6.45, 7) is 3.65. The first kappa shape index (κ1) is 11.6. The average molecular weight is 224 g/mol. The molecule has 4 nitrogen and oxygen atoms in total. The average Bonchev–Trinajstić information content (AvgIpc) is 2.92. The van der Waals surface area contributed by atoms with Crippen molar-refractivity contribution in [3.8, 4) is 0 Å². The number of methoxy groups -OCH3 is 1. The molecule has 2 N–H and O–H groups in total. The van der Waals surface area contributed by atoms with Crippen LogP contribution in [0.2, 0.25) is 0 Å². The standard InChI is InChI=1S/C12H20N2O2/c1-15-8-10-2-4-14(7-10)12(6-13)11-3-5-16-9-11/h3,5,9-10,12H,2,4,6-8,13H2,1H3. The van der Waals surface area contributed by atoms with Gasteiger partial charge in [-0.05, 0) is 24.9 Å². The van der Waals surface area contributed by atoms with Crippen molar-refractivity contribution < 1.29 is 9.15 Å². The highest BCUT2D eigenvalue weighted by molar-refractivity contribution is 5.12. The maximum atomic E-state index is 5.85. The van der Waals surface area contributed by atoms with E-state index < -0.39 is 0 Å². The van der Waals surface area contributed by atoms with Crippen LogP contribution < -0.4 is 5.73 Å². The summed E-state index contributed by atoms with van der Waals surface area (Å²) in [5.74, 6) is 0.644. The van der Waals surface area contributed by atoms with E-state index in [1.165, 1.54) is 12.0 Å². The highest BCUT2D eigenvalue weighted by Gasteiger charge is 2.28. The molecule has 1 aromatic heterocycles. The van der Waals surface area contributed by atoms with Gasteiger partial charge in [-0.15, -0.1) is 0 Å². The molecule has 0 amide bonds. The molecule has 2 atom stereocenters. The largest absolute Gasteiger partial charge is 0.472 e. The van der Waals surface area contributed by atoms with Gasteiger partial charge in [0.15, 0.2) is 0 Å². The molecule has 0 radical (unpaired) electrons. The molecule has 1 saturated heterocycles. The van der Waals surface area contributed by atoms with E-state index in [4.69, 9.17) is 14.9 Å². The normalized spacial score (nSPS) is 23.8. The number of ether oxygens (including phenoxy) is 1. The highest BCUT2D eigenvalue weighted by Crippen LogP contribution is 2.27. The van der Waals surface area contributed by atoms with Crippen molar-refractivity contribution in [3.63, 3.8) is 0 Å². The van der Waals surface area contributed by atoms with Crippen LogP contribution in [0, 0.1) is 5.92 Å². The lowest BCUT2D eigenvalue weighted by Crippen LogP contribution is -2.32. The zero-order valence-electron chi connectivity index (χ0n) is 9.76. The summed E-state index contributed by atoms with van der Waals surface area (Å²) in [5.41, 5.74) is 7.03. The van der Waals surface area contributed by atoms with E-state index in [2.05, 4.69) is 4.90 Å². The minimum absolute atomic E-state index is 0.292. The number of likely N-dealkylation sites (tertiary alicyclic amines) is 1. The van der Waals surface area contributed by atoms with E-state index in [1.807, 2.05) is 6.07 Å². The van der Waals surface area contributed by atoms with Crippen molar-refractivity contribution in [2.45, 2.75) is 12.5 Å². The van der Waals surface area contributed by atoms with E-state index in [0.717, 1.165) is 19.7 Å². The van der Waals surface area contributed by atoms with Crippen LogP contribution in [0.4, 0.5) is 0 Å². The van der Waals surface area contributed by atoms with Gasteiger partial charge in [0.25, 0.3) is 0 Å². The number of nitrogens with zero attached hydrogens (tertiary/aromatic N) is 1. The Morgan fingerprint density at radius 3 is 3.19 bits per heavy atom. The van der Waals surface area contributed by atoms with Crippen LogP contribution in [-0.4, -0.2) is 38.3 Å². The second-order valence-corrected chi connectivity index (χ2v) is 4.41. The summed E-state index contributed by atoms with van der Waals surface area (Å²) in [7, 11) is 1.76. The third kappa shape index (κ3) is 2.45. The third-order valence-electron chi connectivity index (χ3n) is 3.31. The first-order chi connectivity index (χ1) is 7.85. The lowest BCUT2D eigenvalue weighted by molar-refractivity contribution is 0.147. The van der Waals surface area contributed by atoms with Gasteiger partial charge in [-0.1, -0.05) is 0 Å². The van der Waals surface area contributed by atoms with Gasteiger partial charge in [0.05, 0.1) is 25.2 Å². The van der Waals surface area contributed by atoms with E-state index >= 15 is 0 Å². The molecule has 2 unspecified atom stereocenters. The van der Waals surface area contributed by atoms with Gasteiger partial charge in [-0.2, -0.15) is 0 Å². The summed E-state index contributed by atoms with van der Waals surface area (Å²) >= 11 is 0. The number of furan rings is 1. The Hall–Kier alpha value is -0.840. The second kappa shape index (κ2) is 5.48. The molecular formula is C12H20N2O2. The predicted molar refractivity (Wildman–Crippen MR) is 62.1 cm³/mol. The first-order valence-electron chi connectivity index (χ1n) is 5.80. The summed E-state index contributed by atoms with van der Waals surface area (Å²) < 4.78 is 10.3. The monoisotopic (exact) mass is 224 g/mol. The van der Waals surface area contributed by atoms with Crippen molar-refractivity contribution in [1.29, 1.82) is 0 Å². The quantitative estimate of drug-likeness (QED) is 0.817. The maximum absolute atomic E-state index is 5.85. The molecule has 90 valence electrons. The lowest BCUT2D eigenvalue weighted by Gasteiger charge is -2.25. The van der Waals surface area contributed by atoms with Gasteiger partial charge in [0, 0.05) is 25.8 Å². The Morgan fingerprint density at radius 1 is 1.69 bits per heavy atom. The number of nitrogens with two attached hydrogens (primary N) is 1. The molecule has 16 heavy (non-hydrogen) atoms. The molecule has 1 fully saturated rings. The Bertz CT molecular complexity index is 300. The van der Waals surface area contributed by atoms with Crippen LogP contribution in [0.1, 0.15) is 18.0 Å². The molecule has 1 aliphatic rings. The van der Waals surface area contributed by atoms with Crippen LogP contribution in [0.25, 0.3) is 0 Å². The highest BCUT2D eigenvalue weighted by atomic mass is 16.5. The number of hydrogen-bond acceptors (Lipinski definition) is 4. The SMILES string of the molecule is COCC1CCN(C(CN)c2ccoc2)C1. The predicted octanol–water partition coefficient (Wildman–Crippen LogP) is 1.25. The van der Waals surface area contributed by atoms with Crippen LogP contribution in [0.15, 0.2) is 23.0 Å². The molecule has 2 heterocycles. The Labute approximate surface area is 96.4 Å². The fraction of sp³-hybridized carbons (Fsp3) is 0.667. The van der Waals surface area contributed by atoms with Crippen LogP contribution in [0.5, 0.6) is 0 Å². The van der Waals surface area contributed by atoms with E-state index in [0.29, 0.717) is 18.5 Å². The van der Waals surface area contributed by atoms with E-state index in [1.54, 1.807) is 19.6 Å². The molecular weight excluding hydrogens is 204 g/mol. The number of hydrogen-bond donors (Lipinski definition) is 1. The van der Waals surface area contributed by atoms with Gasteiger partial charge < -0.3 is 14.9 Å². The van der Waals surface area contributed by atoms with Gasteiger partial charge >= 0.3 is 0 Å². The zero-order chi connectivity index (χ0) is 11.4. The van der Waals surface area contributed by atoms with Crippen LogP contribution in [-0.2, 0) is 4.74 Å². The molecule has 1 aromatic rings. The minimum Gasteiger partial charge on any atom is -0.472 e. The minimum atomic E-state index is 0.292. The Balaban J connectivity index is 1.96. The molecule has 0 aliphatic carbocycles. The molecule has 4 heteroatoms. The summed E-state index contributed by atoms with van der Waals surface area (Å²) in [4.78, 5) is 2.43.